The van der Waals surface area contributed by atoms with Crippen molar-refractivity contribution in [3.63, 3.8) is 0 Å². The number of carbonyl (C=O) groups is 1. The monoisotopic (exact) mass is 551 g/mol. The first-order valence-electron chi connectivity index (χ1n) is 10.6. The van der Waals surface area contributed by atoms with Gasteiger partial charge in [0.15, 0.2) is 0 Å². The molecule has 2 aliphatic heterocycles. The van der Waals surface area contributed by atoms with E-state index in [4.69, 9.17) is 22.3 Å². The number of amides is 1. The fraction of sp³-hybridized carbons (Fsp3) is 0.208. The molecular formula is C24H22ClN5OSn. The van der Waals surface area contributed by atoms with Crippen LogP contribution in [0.4, 0.5) is 11.6 Å². The van der Waals surface area contributed by atoms with Crippen molar-refractivity contribution in [2.45, 2.75) is 18.9 Å². The number of anilines is 2. The van der Waals surface area contributed by atoms with Gasteiger partial charge in [-0.3, -0.25) is 0 Å². The Kier molecular flexibility index (Phi) is 6.06. The molecule has 2 radical (unpaired) electrons. The molecule has 3 heterocycles. The Hall–Kier alpha value is -2.58. The average molecular weight is 551 g/mol. The molecule has 32 heavy (non-hydrogen) atoms. The van der Waals surface area contributed by atoms with Crippen LogP contribution in [-0.2, 0) is 0 Å². The SMILES string of the molecule is Nc1ccc(C(=O)N2CCC[C@@H](Nc3ncc(Cl)c(C4=[CH][Sn][c]5ccccc54)n3)C2)cc1. The van der Waals surface area contributed by atoms with Crippen LogP contribution in [0.2, 0.25) is 5.02 Å². The summed E-state index contributed by atoms with van der Waals surface area (Å²) in [5.74, 6) is 0.569. The second-order valence-corrected chi connectivity index (χ2v) is 11.6. The first-order chi connectivity index (χ1) is 15.6. The van der Waals surface area contributed by atoms with Crippen LogP contribution in [0.25, 0.3) is 5.57 Å². The number of fused-ring (bicyclic) bond motifs is 1. The molecule has 1 aromatic heterocycles. The van der Waals surface area contributed by atoms with E-state index in [1.807, 2.05) is 4.90 Å². The number of nitrogen functional groups attached to an aromatic ring is 1. The number of hydrogen-bond donors (Lipinski definition) is 2. The quantitative estimate of drug-likeness (QED) is 0.385. The summed E-state index contributed by atoms with van der Waals surface area (Å²) in [5.41, 5.74) is 10.2. The predicted molar refractivity (Wildman–Crippen MR) is 129 cm³/mol. The van der Waals surface area contributed by atoms with Gasteiger partial charge in [0.1, 0.15) is 0 Å². The van der Waals surface area contributed by atoms with E-state index in [-0.39, 0.29) is 11.9 Å². The van der Waals surface area contributed by atoms with Gasteiger partial charge in [0.2, 0.25) is 0 Å². The van der Waals surface area contributed by atoms with Crippen molar-refractivity contribution >= 4 is 59.4 Å². The Morgan fingerprint density at radius 1 is 1.19 bits per heavy atom. The zero-order valence-corrected chi connectivity index (χ0v) is 21.0. The minimum absolute atomic E-state index is 0.0213. The molecule has 0 aliphatic carbocycles. The van der Waals surface area contributed by atoms with Crippen LogP contribution in [-0.4, -0.2) is 61.0 Å². The van der Waals surface area contributed by atoms with Gasteiger partial charge in [-0.2, -0.15) is 0 Å². The Labute approximate surface area is 202 Å². The fourth-order valence-electron chi connectivity index (χ4n) is 4.16. The molecule has 0 saturated carbocycles. The summed E-state index contributed by atoms with van der Waals surface area (Å²) in [6, 6.07) is 15.6. The van der Waals surface area contributed by atoms with Crippen LogP contribution in [0, 0.1) is 0 Å². The second kappa shape index (κ2) is 9.11. The molecule has 5 rings (SSSR count). The van der Waals surface area contributed by atoms with Crippen LogP contribution < -0.4 is 14.6 Å². The van der Waals surface area contributed by atoms with Crippen molar-refractivity contribution in [3.8, 4) is 0 Å². The summed E-state index contributed by atoms with van der Waals surface area (Å²) in [6.45, 7) is 1.34. The predicted octanol–water partition coefficient (Wildman–Crippen LogP) is 3.16. The van der Waals surface area contributed by atoms with Gasteiger partial charge in [0.25, 0.3) is 0 Å². The molecule has 2 aromatic carbocycles. The molecule has 0 spiro atoms. The molecule has 0 bridgehead atoms. The van der Waals surface area contributed by atoms with Gasteiger partial charge in [0.05, 0.1) is 0 Å². The second-order valence-electron chi connectivity index (χ2n) is 7.99. The molecule has 1 fully saturated rings. The molecule has 3 N–H and O–H groups in total. The first-order valence-corrected chi connectivity index (χ1v) is 14.0. The van der Waals surface area contributed by atoms with Gasteiger partial charge in [-0.25, -0.2) is 0 Å². The molecule has 2 aliphatic rings. The standard InChI is InChI=1S/C24H22ClN5O.Sn/c1-16(17-6-3-2-4-7-17)22-21(25)14-27-24(29-22)28-20-8-5-13-30(15-20)23(31)18-9-11-19(26)12-10-18;/h1-4,6,9-12,14,20H,5,8,13,15,26H2,(H,27,28,29);/t20-;/m1./s1. The van der Waals surface area contributed by atoms with E-state index in [9.17, 15) is 4.79 Å². The molecule has 0 unspecified atom stereocenters. The van der Waals surface area contributed by atoms with Crippen molar-refractivity contribution in [2.75, 3.05) is 24.1 Å². The zero-order chi connectivity index (χ0) is 22.1. The van der Waals surface area contributed by atoms with Crippen LogP contribution in [0.5, 0.6) is 0 Å². The third kappa shape index (κ3) is 4.34. The maximum atomic E-state index is 12.9. The van der Waals surface area contributed by atoms with E-state index >= 15 is 0 Å². The molecular weight excluding hydrogens is 528 g/mol. The number of nitrogens with zero attached hydrogens (tertiary/aromatic N) is 3. The molecule has 1 saturated heterocycles. The fourth-order valence-corrected chi connectivity index (χ4v) is 7.66. The van der Waals surface area contributed by atoms with Gasteiger partial charge in [-0.15, -0.1) is 0 Å². The van der Waals surface area contributed by atoms with Gasteiger partial charge < -0.3 is 5.73 Å². The maximum absolute atomic E-state index is 12.9. The summed E-state index contributed by atoms with van der Waals surface area (Å²) < 4.78 is 3.78. The van der Waals surface area contributed by atoms with Crippen molar-refractivity contribution in [2.24, 2.45) is 0 Å². The number of carbonyl (C=O) groups excluding carboxylic acids is 1. The molecule has 1 atom stereocenters. The first kappa shape index (κ1) is 21.3. The third-order valence-electron chi connectivity index (χ3n) is 5.79. The number of nitrogens with two attached hydrogens (primary N) is 1. The summed E-state index contributed by atoms with van der Waals surface area (Å²) in [7, 11) is 0. The van der Waals surface area contributed by atoms with E-state index in [1.165, 1.54) is 9.14 Å². The summed E-state index contributed by atoms with van der Waals surface area (Å²) >= 11 is 5.74. The Balaban J connectivity index is 1.32. The van der Waals surface area contributed by atoms with Gasteiger partial charge in [-0.05, 0) is 12.1 Å². The minimum atomic E-state index is -0.748. The van der Waals surface area contributed by atoms with E-state index < -0.39 is 21.1 Å². The Bertz CT molecular complexity index is 1200. The van der Waals surface area contributed by atoms with Crippen molar-refractivity contribution in [3.05, 3.63) is 80.7 Å². The molecule has 6 nitrogen and oxygen atoms in total. The number of rotatable bonds is 4. The third-order valence-corrected chi connectivity index (χ3v) is 9.43. The van der Waals surface area contributed by atoms with E-state index in [0.29, 0.717) is 28.8 Å². The van der Waals surface area contributed by atoms with Crippen LogP contribution >= 0.6 is 11.6 Å². The Morgan fingerprint density at radius 3 is 2.84 bits per heavy atom. The number of nitrogens with one attached hydrogen (secondary N) is 1. The summed E-state index contributed by atoms with van der Waals surface area (Å²) in [6.07, 6.45) is 3.54. The van der Waals surface area contributed by atoms with Crippen molar-refractivity contribution in [1.29, 1.82) is 0 Å². The van der Waals surface area contributed by atoms with Crippen molar-refractivity contribution < 1.29 is 4.79 Å². The zero-order valence-electron chi connectivity index (χ0n) is 17.4. The number of piperidine rings is 1. The number of hydrogen-bond acceptors (Lipinski definition) is 5. The van der Waals surface area contributed by atoms with Crippen LogP contribution in [0.1, 0.15) is 34.5 Å². The topological polar surface area (TPSA) is 84.1 Å². The molecule has 3 aromatic rings. The molecule has 160 valence electrons. The van der Waals surface area contributed by atoms with E-state index in [1.54, 1.807) is 30.5 Å². The van der Waals surface area contributed by atoms with E-state index in [0.717, 1.165) is 30.7 Å². The molecule has 1 amide bonds. The van der Waals surface area contributed by atoms with Gasteiger partial charge in [0, 0.05) is 5.69 Å². The number of benzene rings is 2. The smallest absolute Gasteiger partial charge is 0.0384 e. The summed E-state index contributed by atoms with van der Waals surface area (Å²) in [5, 5.41) is 3.99. The van der Waals surface area contributed by atoms with Crippen LogP contribution in [0.3, 0.4) is 0 Å². The van der Waals surface area contributed by atoms with Crippen LogP contribution in [0.15, 0.2) is 58.8 Å². The molecule has 8 heteroatoms. The number of aromatic nitrogens is 2. The van der Waals surface area contributed by atoms with E-state index in [2.05, 4.69) is 38.7 Å². The van der Waals surface area contributed by atoms with Crippen molar-refractivity contribution in [1.82, 2.24) is 14.9 Å². The number of halogens is 1. The Morgan fingerprint density at radius 2 is 2.00 bits per heavy atom. The average Bonchev–Trinajstić information content (AvgIpc) is 3.25. The summed E-state index contributed by atoms with van der Waals surface area (Å²) in [4.78, 5) is 24.0. The minimum Gasteiger partial charge on any atom is -0.0384 e. The van der Waals surface area contributed by atoms with Gasteiger partial charge in [-0.1, -0.05) is 0 Å². The normalized spacial score (nSPS) is 17.6. The van der Waals surface area contributed by atoms with Gasteiger partial charge >= 0.3 is 179 Å². The number of likely N-dealkylation sites (tertiary alicyclic amines) is 1.